The highest BCUT2D eigenvalue weighted by Crippen LogP contribution is 2.37. The molecule has 43 heavy (non-hydrogen) atoms. The van der Waals surface area contributed by atoms with Crippen LogP contribution in [0.25, 0.3) is 12.2 Å². The van der Waals surface area contributed by atoms with Crippen LogP contribution in [-0.2, 0) is 6.54 Å². The Bertz CT molecular complexity index is 1990. The molecular formula is C37H31N3O2S. The van der Waals surface area contributed by atoms with E-state index < -0.39 is 0 Å². The van der Waals surface area contributed by atoms with Crippen LogP contribution in [0.5, 0.6) is 5.75 Å². The van der Waals surface area contributed by atoms with Crippen molar-refractivity contribution in [2.24, 2.45) is 4.99 Å². The van der Waals surface area contributed by atoms with Gasteiger partial charge in [0.1, 0.15) is 5.75 Å². The molecule has 6 heteroatoms. The summed E-state index contributed by atoms with van der Waals surface area (Å²) < 4.78 is 7.89. The normalized spacial score (nSPS) is 17.8. The van der Waals surface area contributed by atoms with Gasteiger partial charge in [0, 0.05) is 19.6 Å². The zero-order chi connectivity index (χ0) is 29.2. The Hall–Kier alpha value is -4.78. The standard InChI is InChI=1S/C37H31N3O2S/c1-42-31-19-17-27(18-20-31)22-33-36(41)40-35(29-15-9-4-10-16-29)32-25-39(23-28-13-7-3-8-14-28)24-30(34(32)38-37(40)43-33)21-26-11-5-2-6-12-26/h2-22,35H,23-25H2,1H3/b30-21-,33-22-. The molecule has 0 radical (unpaired) electrons. The lowest BCUT2D eigenvalue weighted by Gasteiger charge is -2.37. The Morgan fingerprint density at radius 3 is 2.16 bits per heavy atom. The van der Waals surface area contributed by atoms with Crippen LogP contribution in [0.4, 0.5) is 0 Å². The predicted molar refractivity (Wildman–Crippen MR) is 174 cm³/mol. The zero-order valence-corrected chi connectivity index (χ0v) is 24.7. The number of thiazole rings is 1. The highest BCUT2D eigenvalue weighted by atomic mass is 32.1. The Labute approximate surface area is 254 Å². The van der Waals surface area contributed by atoms with E-state index in [4.69, 9.17) is 9.73 Å². The largest absolute Gasteiger partial charge is 0.497 e. The van der Waals surface area contributed by atoms with Crippen LogP contribution in [0.15, 0.2) is 142 Å². The fraction of sp³-hybridized carbons (Fsp3) is 0.135. The first-order valence-electron chi connectivity index (χ1n) is 14.4. The van der Waals surface area contributed by atoms with Crippen molar-refractivity contribution in [1.29, 1.82) is 0 Å². The average Bonchev–Trinajstić information content (AvgIpc) is 3.36. The highest BCUT2D eigenvalue weighted by molar-refractivity contribution is 7.07. The molecule has 1 aromatic heterocycles. The highest BCUT2D eigenvalue weighted by Gasteiger charge is 2.34. The molecule has 5 nitrogen and oxygen atoms in total. The molecule has 4 aromatic carbocycles. The quantitative estimate of drug-likeness (QED) is 0.254. The van der Waals surface area contributed by atoms with Gasteiger partial charge in [0.25, 0.3) is 5.56 Å². The van der Waals surface area contributed by atoms with E-state index in [0.29, 0.717) is 4.53 Å². The number of benzene rings is 4. The summed E-state index contributed by atoms with van der Waals surface area (Å²) in [6.07, 6.45) is 4.21. The van der Waals surface area contributed by atoms with Crippen molar-refractivity contribution in [3.8, 4) is 5.75 Å². The number of methoxy groups -OCH3 is 1. The molecule has 0 aliphatic carbocycles. The summed E-state index contributed by atoms with van der Waals surface area (Å²) in [6, 6.07) is 38.9. The van der Waals surface area contributed by atoms with E-state index in [9.17, 15) is 4.79 Å². The zero-order valence-electron chi connectivity index (χ0n) is 23.9. The van der Waals surface area contributed by atoms with E-state index in [-0.39, 0.29) is 11.6 Å². The van der Waals surface area contributed by atoms with Gasteiger partial charge in [-0.25, -0.2) is 4.99 Å². The molecule has 0 spiro atoms. The minimum Gasteiger partial charge on any atom is -0.497 e. The number of aromatic nitrogens is 1. The smallest absolute Gasteiger partial charge is 0.271 e. The number of ether oxygens (including phenoxy) is 1. The number of fused-ring (bicyclic) bond motifs is 1. The van der Waals surface area contributed by atoms with Gasteiger partial charge in [0.15, 0.2) is 4.80 Å². The van der Waals surface area contributed by atoms with Crippen molar-refractivity contribution in [2.45, 2.75) is 12.6 Å². The molecule has 212 valence electrons. The van der Waals surface area contributed by atoms with Crippen LogP contribution in [0.2, 0.25) is 0 Å². The van der Waals surface area contributed by atoms with Crippen molar-refractivity contribution < 1.29 is 4.74 Å². The number of hydrogen-bond donors (Lipinski definition) is 0. The minimum atomic E-state index is -0.247. The van der Waals surface area contributed by atoms with Crippen LogP contribution >= 0.6 is 11.3 Å². The Balaban J connectivity index is 1.41. The fourth-order valence-corrected chi connectivity index (χ4v) is 6.95. The van der Waals surface area contributed by atoms with Gasteiger partial charge in [-0.2, -0.15) is 0 Å². The SMILES string of the molecule is COc1ccc(/C=c2\sc3n(c2=O)C(c2ccccc2)C2=C(N=3)/C(=C\c3ccccc3)CN(Cc3ccccc3)C2)cc1. The van der Waals surface area contributed by atoms with Crippen molar-refractivity contribution in [2.75, 3.05) is 20.2 Å². The Morgan fingerprint density at radius 1 is 0.814 bits per heavy atom. The molecule has 2 aliphatic heterocycles. The maximum absolute atomic E-state index is 14.2. The summed E-state index contributed by atoms with van der Waals surface area (Å²) in [4.78, 5) is 22.6. The first kappa shape index (κ1) is 27.1. The van der Waals surface area contributed by atoms with Gasteiger partial charge in [0.2, 0.25) is 0 Å². The lowest BCUT2D eigenvalue weighted by Crippen LogP contribution is -2.43. The maximum atomic E-state index is 14.2. The Kier molecular flexibility index (Phi) is 7.46. The summed E-state index contributed by atoms with van der Waals surface area (Å²) >= 11 is 1.45. The van der Waals surface area contributed by atoms with Crippen molar-refractivity contribution in [3.63, 3.8) is 0 Å². The van der Waals surface area contributed by atoms with Crippen molar-refractivity contribution in [1.82, 2.24) is 9.47 Å². The molecule has 0 amide bonds. The molecule has 0 saturated heterocycles. The van der Waals surface area contributed by atoms with Crippen LogP contribution < -0.4 is 19.6 Å². The van der Waals surface area contributed by atoms with E-state index in [1.807, 2.05) is 59.2 Å². The first-order valence-corrected chi connectivity index (χ1v) is 15.2. The summed E-state index contributed by atoms with van der Waals surface area (Å²) in [7, 11) is 1.65. The number of hydrogen-bond acceptors (Lipinski definition) is 5. The van der Waals surface area contributed by atoms with Gasteiger partial charge in [0.05, 0.1) is 23.4 Å². The second-order valence-electron chi connectivity index (χ2n) is 10.9. The molecule has 0 fully saturated rings. The lowest BCUT2D eigenvalue weighted by molar-refractivity contribution is 0.291. The van der Waals surface area contributed by atoms with Crippen molar-refractivity contribution in [3.05, 3.63) is 174 Å². The summed E-state index contributed by atoms with van der Waals surface area (Å²) in [5, 5.41) is 0. The summed E-state index contributed by atoms with van der Waals surface area (Å²) in [5.74, 6) is 0.785. The van der Waals surface area contributed by atoms with Crippen LogP contribution in [0.1, 0.15) is 28.3 Å². The third kappa shape index (κ3) is 5.55. The van der Waals surface area contributed by atoms with Gasteiger partial charge in [-0.05, 0) is 57.7 Å². The van der Waals surface area contributed by atoms with Crippen LogP contribution in [0, 0.1) is 0 Å². The third-order valence-electron chi connectivity index (χ3n) is 7.95. The number of nitrogens with zero attached hydrogens (tertiary/aromatic N) is 3. The topological polar surface area (TPSA) is 46.8 Å². The minimum absolute atomic E-state index is 0.0197. The van der Waals surface area contributed by atoms with Gasteiger partial charge >= 0.3 is 0 Å². The van der Waals surface area contributed by atoms with Crippen molar-refractivity contribution >= 4 is 23.5 Å². The average molecular weight is 582 g/mol. The molecule has 3 heterocycles. The second-order valence-corrected chi connectivity index (χ2v) is 11.9. The molecule has 2 aliphatic rings. The van der Waals surface area contributed by atoms with Gasteiger partial charge in [-0.1, -0.05) is 114 Å². The molecule has 5 aromatic rings. The van der Waals surface area contributed by atoms with Gasteiger partial charge in [-0.15, -0.1) is 0 Å². The molecule has 1 atom stereocenters. The fourth-order valence-electron chi connectivity index (χ4n) is 5.95. The van der Waals surface area contributed by atoms with E-state index >= 15 is 0 Å². The Morgan fingerprint density at radius 2 is 1.47 bits per heavy atom. The lowest BCUT2D eigenvalue weighted by atomic mass is 9.89. The van der Waals surface area contributed by atoms with E-state index in [1.54, 1.807) is 7.11 Å². The predicted octanol–water partition coefficient (Wildman–Crippen LogP) is 5.82. The van der Waals surface area contributed by atoms with Crippen LogP contribution in [0.3, 0.4) is 0 Å². The molecular weight excluding hydrogens is 550 g/mol. The summed E-state index contributed by atoms with van der Waals surface area (Å²) in [5.41, 5.74) is 7.73. The molecule has 1 unspecified atom stereocenters. The maximum Gasteiger partial charge on any atom is 0.271 e. The van der Waals surface area contributed by atoms with E-state index in [0.717, 1.165) is 63.7 Å². The molecule has 7 rings (SSSR count). The summed E-state index contributed by atoms with van der Waals surface area (Å²) in [6.45, 7) is 2.31. The molecule has 0 N–H and O–H groups in total. The number of rotatable bonds is 6. The monoisotopic (exact) mass is 581 g/mol. The van der Waals surface area contributed by atoms with E-state index in [1.165, 1.54) is 16.9 Å². The first-order chi connectivity index (χ1) is 21.2. The third-order valence-corrected chi connectivity index (χ3v) is 8.93. The van der Waals surface area contributed by atoms with Gasteiger partial charge in [-0.3, -0.25) is 14.3 Å². The molecule has 0 saturated carbocycles. The second kappa shape index (κ2) is 11.8. The van der Waals surface area contributed by atoms with Gasteiger partial charge < -0.3 is 4.74 Å². The van der Waals surface area contributed by atoms with Crippen LogP contribution in [-0.4, -0.2) is 29.7 Å². The van der Waals surface area contributed by atoms with E-state index in [2.05, 4.69) is 77.7 Å². The molecule has 0 bridgehead atoms.